The van der Waals surface area contributed by atoms with Crippen molar-refractivity contribution in [1.29, 1.82) is 0 Å². The molecule has 0 atom stereocenters. The van der Waals surface area contributed by atoms with Crippen LogP contribution in [0.3, 0.4) is 0 Å². The van der Waals surface area contributed by atoms with Gasteiger partial charge in [0.25, 0.3) is 0 Å². The Kier molecular flexibility index (Phi) is 1.51. The molecular weight excluding hydrogens is 126 g/mol. The van der Waals surface area contributed by atoms with E-state index >= 15 is 0 Å². The van der Waals surface area contributed by atoms with Crippen LogP contribution in [0.5, 0.6) is 0 Å². The molecule has 10 heavy (non-hydrogen) atoms. The molecule has 0 radical (unpaired) electrons. The van der Waals surface area contributed by atoms with Gasteiger partial charge in [-0.2, -0.15) is 0 Å². The van der Waals surface area contributed by atoms with E-state index in [4.69, 9.17) is 0 Å². The largest absolute Gasteiger partial charge is 0.316 e. The molecule has 54 valence electrons. The molecular formula is C7H11N3. The molecule has 2 rings (SSSR count). The Labute approximate surface area is 60.3 Å². The first kappa shape index (κ1) is 6.04. The van der Waals surface area contributed by atoms with Crippen LogP contribution >= 0.6 is 0 Å². The van der Waals surface area contributed by atoms with Gasteiger partial charge in [0.05, 0.1) is 11.4 Å². The molecule has 2 aliphatic heterocycles. The molecule has 1 fully saturated rings. The summed E-state index contributed by atoms with van der Waals surface area (Å²) in [6.07, 6.45) is 2.14. The summed E-state index contributed by atoms with van der Waals surface area (Å²) in [6, 6.07) is 0. The van der Waals surface area contributed by atoms with E-state index in [1.165, 1.54) is 11.4 Å². The van der Waals surface area contributed by atoms with Gasteiger partial charge in [-0.25, -0.2) is 0 Å². The van der Waals surface area contributed by atoms with Crippen LogP contribution in [-0.2, 0) is 0 Å². The Morgan fingerprint density at radius 1 is 1.00 bits per heavy atom. The zero-order chi connectivity index (χ0) is 6.81. The fourth-order valence-electron chi connectivity index (χ4n) is 1.37. The second-order valence-corrected chi connectivity index (χ2v) is 2.60. The van der Waals surface area contributed by atoms with Crippen molar-refractivity contribution < 1.29 is 0 Å². The molecule has 0 bridgehead atoms. The lowest BCUT2D eigenvalue weighted by atomic mass is 10.1. The molecule has 0 saturated carbocycles. The number of aliphatic imine (C=N–C) groups is 2. The maximum atomic E-state index is 4.29. The maximum absolute atomic E-state index is 4.29. The molecule has 0 spiro atoms. The van der Waals surface area contributed by atoms with Gasteiger partial charge in [0, 0.05) is 25.9 Å². The van der Waals surface area contributed by atoms with Crippen molar-refractivity contribution >= 4 is 11.4 Å². The standard InChI is InChI=1S/C7H11N3/c1-3-8-4-2-7-6(1)9-5-10-7/h8H,1-5H2. The van der Waals surface area contributed by atoms with Gasteiger partial charge in [0.2, 0.25) is 0 Å². The minimum absolute atomic E-state index is 0.685. The average molecular weight is 137 g/mol. The summed E-state index contributed by atoms with van der Waals surface area (Å²) >= 11 is 0. The van der Waals surface area contributed by atoms with Crippen LogP contribution in [0.4, 0.5) is 0 Å². The maximum Gasteiger partial charge on any atom is 0.130 e. The second-order valence-electron chi connectivity index (χ2n) is 2.60. The molecule has 0 aromatic heterocycles. The zero-order valence-corrected chi connectivity index (χ0v) is 5.93. The summed E-state index contributed by atoms with van der Waals surface area (Å²) in [4.78, 5) is 8.58. The van der Waals surface area contributed by atoms with E-state index in [1.807, 2.05) is 0 Å². The summed E-state index contributed by atoms with van der Waals surface area (Å²) in [5, 5.41) is 3.31. The Bertz CT molecular complexity index is 173. The number of nitrogens with zero attached hydrogens (tertiary/aromatic N) is 2. The molecule has 2 aliphatic rings. The van der Waals surface area contributed by atoms with E-state index in [9.17, 15) is 0 Å². The van der Waals surface area contributed by atoms with E-state index in [1.54, 1.807) is 0 Å². The van der Waals surface area contributed by atoms with Crippen molar-refractivity contribution in [2.45, 2.75) is 12.8 Å². The van der Waals surface area contributed by atoms with E-state index in [0.29, 0.717) is 6.67 Å². The number of hydrogen-bond acceptors (Lipinski definition) is 3. The number of fused-ring (bicyclic) bond motifs is 1. The fraction of sp³-hybridized carbons (Fsp3) is 0.714. The van der Waals surface area contributed by atoms with Crippen molar-refractivity contribution in [2.24, 2.45) is 9.98 Å². The first-order valence-corrected chi connectivity index (χ1v) is 3.74. The summed E-state index contributed by atoms with van der Waals surface area (Å²) in [7, 11) is 0. The van der Waals surface area contributed by atoms with Crippen LogP contribution in [0, 0.1) is 0 Å². The van der Waals surface area contributed by atoms with Gasteiger partial charge in [-0.1, -0.05) is 0 Å². The average Bonchev–Trinajstić information content (AvgIpc) is 2.28. The van der Waals surface area contributed by atoms with Crippen LogP contribution in [0.2, 0.25) is 0 Å². The molecule has 3 heteroatoms. The van der Waals surface area contributed by atoms with E-state index in [0.717, 1.165) is 25.9 Å². The van der Waals surface area contributed by atoms with Crippen LogP contribution < -0.4 is 5.32 Å². The molecule has 0 amide bonds. The van der Waals surface area contributed by atoms with Crippen LogP contribution in [-0.4, -0.2) is 31.2 Å². The first-order chi connectivity index (χ1) is 4.97. The Hall–Kier alpha value is -0.700. The molecule has 3 nitrogen and oxygen atoms in total. The number of hydrogen-bond donors (Lipinski definition) is 1. The highest BCUT2D eigenvalue weighted by atomic mass is 15.0. The highest BCUT2D eigenvalue weighted by Gasteiger charge is 2.15. The smallest absolute Gasteiger partial charge is 0.130 e. The molecule has 1 N–H and O–H groups in total. The quantitative estimate of drug-likeness (QED) is 0.509. The van der Waals surface area contributed by atoms with E-state index in [-0.39, 0.29) is 0 Å². The SMILES string of the molecule is C1N=C2CCNCCC2=N1. The summed E-state index contributed by atoms with van der Waals surface area (Å²) in [5.74, 6) is 0. The third kappa shape index (κ3) is 0.968. The summed E-state index contributed by atoms with van der Waals surface area (Å²) < 4.78 is 0. The van der Waals surface area contributed by atoms with Gasteiger partial charge in [-0.3, -0.25) is 9.98 Å². The number of rotatable bonds is 0. The highest BCUT2D eigenvalue weighted by molar-refractivity contribution is 6.43. The lowest BCUT2D eigenvalue weighted by Gasteiger charge is -1.94. The van der Waals surface area contributed by atoms with Gasteiger partial charge in [0.15, 0.2) is 0 Å². The Balaban J connectivity index is 2.16. The van der Waals surface area contributed by atoms with Crippen molar-refractivity contribution in [3.05, 3.63) is 0 Å². The molecule has 0 aliphatic carbocycles. The van der Waals surface area contributed by atoms with Crippen molar-refractivity contribution in [3.63, 3.8) is 0 Å². The normalized spacial score (nSPS) is 24.8. The van der Waals surface area contributed by atoms with Gasteiger partial charge in [-0.05, 0) is 0 Å². The zero-order valence-electron chi connectivity index (χ0n) is 5.93. The third-order valence-corrected chi connectivity index (χ3v) is 1.93. The van der Waals surface area contributed by atoms with Crippen molar-refractivity contribution in [2.75, 3.05) is 19.8 Å². The summed E-state index contributed by atoms with van der Waals surface area (Å²) in [5.41, 5.74) is 2.48. The third-order valence-electron chi connectivity index (χ3n) is 1.93. The van der Waals surface area contributed by atoms with Crippen molar-refractivity contribution in [1.82, 2.24) is 5.32 Å². The predicted octanol–water partition coefficient (Wildman–Crippen LogP) is 0.223. The van der Waals surface area contributed by atoms with Crippen molar-refractivity contribution in [3.8, 4) is 0 Å². The molecule has 1 saturated heterocycles. The van der Waals surface area contributed by atoms with Crippen LogP contribution in [0.25, 0.3) is 0 Å². The number of nitrogens with one attached hydrogen (secondary N) is 1. The van der Waals surface area contributed by atoms with Crippen LogP contribution in [0.15, 0.2) is 9.98 Å². The minimum atomic E-state index is 0.685. The van der Waals surface area contributed by atoms with Gasteiger partial charge >= 0.3 is 0 Å². The molecule has 0 aromatic carbocycles. The van der Waals surface area contributed by atoms with Gasteiger partial charge in [0.1, 0.15) is 6.67 Å². The summed E-state index contributed by atoms with van der Waals surface area (Å²) in [6.45, 7) is 2.82. The molecule has 2 heterocycles. The predicted molar refractivity (Wildman–Crippen MR) is 41.8 cm³/mol. The topological polar surface area (TPSA) is 36.8 Å². The fourth-order valence-corrected chi connectivity index (χ4v) is 1.37. The monoisotopic (exact) mass is 137 g/mol. The lowest BCUT2D eigenvalue weighted by Crippen LogP contribution is -2.14. The Morgan fingerprint density at radius 3 is 2.20 bits per heavy atom. The minimum Gasteiger partial charge on any atom is -0.316 e. The highest BCUT2D eigenvalue weighted by Crippen LogP contribution is 2.05. The van der Waals surface area contributed by atoms with Crippen LogP contribution in [0.1, 0.15) is 12.8 Å². The first-order valence-electron chi connectivity index (χ1n) is 3.74. The molecule has 0 unspecified atom stereocenters. The second kappa shape index (κ2) is 2.50. The molecule has 0 aromatic rings. The lowest BCUT2D eigenvalue weighted by molar-refractivity contribution is 0.728. The Morgan fingerprint density at radius 2 is 1.60 bits per heavy atom. The van der Waals surface area contributed by atoms with E-state index < -0.39 is 0 Å². The van der Waals surface area contributed by atoms with E-state index in [2.05, 4.69) is 15.3 Å². The van der Waals surface area contributed by atoms with Gasteiger partial charge < -0.3 is 5.32 Å². The van der Waals surface area contributed by atoms with Gasteiger partial charge in [-0.15, -0.1) is 0 Å².